The Morgan fingerprint density at radius 1 is 1.30 bits per heavy atom. The molecule has 3 rings (SSSR count). The predicted molar refractivity (Wildman–Crippen MR) is 91.6 cm³/mol. The van der Waals surface area contributed by atoms with Gasteiger partial charge in [0.15, 0.2) is 0 Å². The monoisotopic (exact) mass is 316 g/mol. The van der Waals surface area contributed by atoms with Crippen LogP contribution in [0.5, 0.6) is 0 Å². The van der Waals surface area contributed by atoms with Gasteiger partial charge in [-0.3, -0.25) is 4.79 Å². The molecular formula is C19H28N2O2. The zero-order valence-electron chi connectivity index (χ0n) is 14.3. The summed E-state index contributed by atoms with van der Waals surface area (Å²) in [6.07, 6.45) is 3.81. The van der Waals surface area contributed by atoms with E-state index in [2.05, 4.69) is 35.3 Å². The van der Waals surface area contributed by atoms with Crippen molar-refractivity contribution in [1.82, 2.24) is 10.2 Å². The predicted octanol–water partition coefficient (Wildman–Crippen LogP) is 2.25. The topological polar surface area (TPSA) is 41.6 Å². The third-order valence-electron chi connectivity index (χ3n) is 5.53. The van der Waals surface area contributed by atoms with Crippen molar-refractivity contribution < 1.29 is 9.53 Å². The maximum Gasteiger partial charge on any atom is 0.233 e. The molecule has 2 heterocycles. The lowest BCUT2D eigenvalue weighted by molar-refractivity contribution is -0.142. The molecule has 1 aromatic carbocycles. The summed E-state index contributed by atoms with van der Waals surface area (Å²) < 4.78 is 5.58. The van der Waals surface area contributed by atoms with Gasteiger partial charge in [-0.15, -0.1) is 0 Å². The Morgan fingerprint density at radius 3 is 2.74 bits per heavy atom. The summed E-state index contributed by atoms with van der Waals surface area (Å²) in [5, 5.41) is 3.34. The minimum absolute atomic E-state index is 0.301. The summed E-state index contributed by atoms with van der Waals surface area (Å²) in [7, 11) is 1.99. The Kier molecular flexibility index (Phi) is 5.02. The van der Waals surface area contributed by atoms with Crippen molar-refractivity contribution >= 4 is 5.91 Å². The fourth-order valence-corrected chi connectivity index (χ4v) is 4.13. The van der Waals surface area contributed by atoms with Crippen LogP contribution in [-0.4, -0.2) is 50.2 Å². The van der Waals surface area contributed by atoms with E-state index in [0.29, 0.717) is 25.2 Å². The second kappa shape index (κ2) is 7.02. The van der Waals surface area contributed by atoms with E-state index in [-0.39, 0.29) is 0 Å². The fraction of sp³-hybridized carbons (Fsp3) is 0.632. The van der Waals surface area contributed by atoms with Crippen LogP contribution in [0.25, 0.3) is 0 Å². The first-order chi connectivity index (χ1) is 11.2. The molecular weight excluding hydrogens is 288 g/mol. The number of likely N-dealkylation sites (N-methyl/N-ethyl adjacent to an activating group) is 1. The van der Waals surface area contributed by atoms with Crippen LogP contribution in [0.3, 0.4) is 0 Å². The molecule has 1 unspecified atom stereocenters. The molecule has 2 aliphatic heterocycles. The first-order valence-corrected chi connectivity index (χ1v) is 8.78. The fourth-order valence-electron chi connectivity index (χ4n) is 4.13. The van der Waals surface area contributed by atoms with Crippen molar-refractivity contribution in [2.75, 3.05) is 33.4 Å². The van der Waals surface area contributed by atoms with Gasteiger partial charge in [-0.2, -0.15) is 0 Å². The summed E-state index contributed by atoms with van der Waals surface area (Å²) in [5.74, 6) is 0.301. The highest BCUT2D eigenvalue weighted by Gasteiger charge is 2.45. The standard InChI is InChI=1S/C19H28N2O2/c1-15-6-3-4-8-17(15)19(9-12-23-13-10-19)18(22)21-11-5-7-16(14-21)20-2/h3-4,6,8,16,20H,5,7,9-14H2,1-2H3. The van der Waals surface area contributed by atoms with Gasteiger partial charge in [-0.1, -0.05) is 24.3 Å². The molecule has 0 radical (unpaired) electrons. The number of nitrogens with one attached hydrogen (secondary N) is 1. The highest BCUT2D eigenvalue weighted by molar-refractivity contribution is 5.89. The van der Waals surface area contributed by atoms with Gasteiger partial charge in [-0.05, 0) is 50.8 Å². The minimum atomic E-state index is -0.404. The van der Waals surface area contributed by atoms with Gasteiger partial charge >= 0.3 is 0 Å². The lowest BCUT2D eigenvalue weighted by Gasteiger charge is -2.43. The van der Waals surface area contributed by atoms with Crippen LogP contribution in [0.4, 0.5) is 0 Å². The molecule has 4 nitrogen and oxygen atoms in total. The van der Waals surface area contributed by atoms with E-state index < -0.39 is 5.41 Å². The normalized spacial score (nSPS) is 24.4. The number of piperidine rings is 1. The van der Waals surface area contributed by atoms with Gasteiger partial charge in [0.25, 0.3) is 0 Å². The van der Waals surface area contributed by atoms with Gasteiger partial charge < -0.3 is 15.0 Å². The first-order valence-electron chi connectivity index (χ1n) is 8.78. The van der Waals surface area contributed by atoms with Crippen molar-refractivity contribution in [3.8, 4) is 0 Å². The number of aryl methyl sites for hydroxylation is 1. The molecule has 126 valence electrons. The van der Waals surface area contributed by atoms with Crippen LogP contribution in [0.1, 0.15) is 36.8 Å². The van der Waals surface area contributed by atoms with Crippen LogP contribution in [0.15, 0.2) is 24.3 Å². The van der Waals surface area contributed by atoms with E-state index >= 15 is 0 Å². The number of likely N-dealkylation sites (tertiary alicyclic amines) is 1. The Hall–Kier alpha value is -1.39. The van der Waals surface area contributed by atoms with E-state index in [0.717, 1.165) is 38.8 Å². The molecule has 2 fully saturated rings. The second-order valence-corrected chi connectivity index (χ2v) is 6.89. The van der Waals surface area contributed by atoms with E-state index in [1.807, 2.05) is 13.1 Å². The highest BCUT2D eigenvalue weighted by Crippen LogP contribution is 2.39. The van der Waals surface area contributed by atoms with Crippen LogP contribution in [0.2, 0.25) is 0 Å². The van der Waals surface area contributed by atoms with Gasteiger partial charge in [0.05, 0.1) is 5.41 Å². The van der Waals surface area contributed by atoms with Crippen LogP contribution < -0.4 is 5.32 Å². The molecule has 1 amide bonds. The number of nitrogens with zero attached hydrogens (tertiary/aromatic N) is 1. The largest absolute Gasteiger partial charge is 0.381 e. The van der Waals surface area contributed by atoms with E-state index in [1.165, 1.54) is 11.1 Å². The molecule has 1 N–H and O–H groups in total. The Morgan fingerprint density at radius 2 is 2.04 bits per heavy atom. The molecule has 0 aliphatic carbocycles. The average Bonchev–Trinajstić information content (AvgIpc) is 2.62. The molecule has 0 aromatic heterocycles. The molecule has 1 atom stereocenters. The number of rotatable bonds is 3. The zero-order valence-corrected chi connectivity index (χ0v) is 14.3. The van der Waals surface area contributed by atoms with Crippen molar-refractivity contribution in [3.63, 3.8) is 0 Å². The third kappa shape index (κ3) is 3.15. The Balaban J connectivity index is 1.93. The SMILES string of the molecule is CNC1CCCN(C(=O)C2(c3ccccc3C)CCOCC2)C1. The molecule has 23 heavy (non-hydrogen) atoms. The molecule has 0 saturated carbocycles. The average molecular weight is 316 g/mol. The number of hydrogen-bond acceptors (Lipinski definition) is 3. The van der Waals surface area contributed by atoms with Gasteiger partial charge in [0.1, 0.15) is 0 Å². The molecule has 0 spiro atoms. The van der Waals surface area contributed by atoms with E-state index in [1.54, 1.807) is 0 Å². The lowest BCUT2D eigenvalue weighted by Crippen LogP contribution is -2.55. The highest BCUT2D eigenvalue weighted by atomic mass is 16.5. The maximum atomic E-state index is 13.5. The summed E-state index contributed by atoms with van der Waals surface area (Å²) >= 11 is 0. The maximum absolute atomic E-state index is 13.5. The summed E-state index contributed by atoms with van der Waals surface area (Å²) in [4.78, 5) is 15.6. The zero-order chi connectivity index (χ0) is 16.3. The number of benzene rings is 1. The van der Waals surface area contributed by atoms with Crippen molar-refractivity contribution in [2.24, 2.45) is 0 Å². The number of ether oxygens (including phenoxy) is 1. The summed E-state index contributed by atoms with van der Waals surface area (Å²) in [5.41, 5.74) is 2.00. The number of hydrogen-bond donors (Lipinski definition) is 1. The van der Waals surface area contributed by atoms with Crippen LogP contribution >= 0.6 is 0 Å². The Labute approximate surface area is 139 Å². The first kappa shape index (κ1) is 16.5. The molecule has 2 saturated heterocycles. The van der Waals surface area contributed by atoms with Crippen LogP contribution in [0, 0.1) is 6.92 Å². The second-order valence-electron chi connectivity index (χ2n) is 6.89. The van der Waals surface area contributed by atoms with Gasteiger partial charge in [0, 0.05) is 32.3 Å². The molecule has 2 aliphatic rings. The van der Waals surface area contributed by atoms with Gasteiger partial charge in [-0.25, -0.2) is 0 Å². The minimum Gasteiger partial charge on any atom is -0.381 e. The van der Waals surface area contributed by atoms with Crippen LogP contribution in [-0.2, 0) is 14.9 Å². The lowest BCUT2D eigenvalue weighted by atomic mass is 9.71. The van der Waals surface area contributed by atoms with Crippen molar-refractivity contribution in [3.05, 3.63) is 35.4 Å². The van der Waals surface area contributed by atoms with E-state index in [9.17, 15) is 4.79 Å². The third-order valence-corrected chi connectivity index (χ3v) is 5.53. The molecule has 1 aromatic rings. The van der Waals surface area contributed by atoms with Crippen molar-refractivity contribution in [1.29, 1.82) is 0 Å². The van der Waals surface area contributed by atoms with Crippen molar-refractivity contribution in [2.45, 2.75) is 44.1 Å². The van der Waals surface area contributed by atoms with Gasteiger partial charge in [0.2, 0.25) is 5.91 Å². The van der Waals surface area contributed by atoms with E-state index in [4.69, 9.17) is 4.74 Å². The molecule has 4 heteroatoms. The Bertz CT molecular complexity index is 552. The smallest absolute Gasteiger partial charge is 0.233 e. The quantitative estimate of drug-likeness (QED) is 0.930. The summed E-state index contributed by atoms with van der Waals surface area (Å²) in [6, 6.07) is 8.78. The number of amides is 1. The number of carbonyl (C=O) groups excluding carboxylic acids is 1. The molecule has 0 bridgehead atoms. The number of carbonyl (C=O) groups is 1. The summed E-state index contributed by atoms with van der Waals surface area (Å²) in [6.45, 7) is 5.16.